The molecule has 84 valence electrons. The van der Waals surface area contributed by atoms with Gasteiger partial charge in [-0.05, 0) is 29.8 Å². The molecule has 0 saturated heterocycles. The molecule has 6 heteroatoms. The quantitative estimate of drug-likeness (QED) is 0.946. The van der Waals surface area contributed by atoms with Gasteiger partial charge in [0.25, 0.3) is 0 Å². The summed E-state index contributed by atoms with van der Waals surface area (Å²) in [6.07, 6.45) is 1.75. The summed E-state index contributed by atoms with van der Waals surface area (Å²) in [7, 11) is 0. The van der Waals surface area contributed by atoms with Crippen molar-refractivity contribution in [1.82, 2.24) is 15.0 Å². The predicted octanol–water partition coefficient (Wildman–Crippen LogP) is 3.10. The fourth-order valence-electron chi connectivity index (χ4n) is 1.25. The molecule has 0 radical (unpaired) electrons. The predicted molar refractivity (Wildman–Crippen MR) is 69.7 cm³/mol. The van der Waals surface area contributed by atoms with Gasteiger partial charge in [-0.15, -0.1) is 11.3 Å². The molecule has 16 heavy (non-hydrogen) atoms. The summed E-state index contributed by atoms with van der Waals surface area (Å²) in [6.45, 7) is 4.82. The van der Waals surface area contributed by atoms with E-state index in [-0.39, 0.29) is 0 Å². The highest BCUT2D eigenvalue weighted by atomic mass is 79.9. The second-order valence-corrected chi connectivity index (χ2v) is 5.09. The smallest absolute Gasteiger partial charge is 0.181 e. The van der Waals surface area contributed by atoms with E-state index in [2.05, 4.69) is 36.2 Å². The van der Waals surface area contributed by atoms with Gasteiger partial charge in [0.05, 0.1) is 9.48 Å². The lowest BCUT2D eigenvalue weighted by Crippen LogP contribution is -2.02. The van der Waals surface area contributed by atoms with Crippen LogP contribution in [0.3, 0.4) is 0 Å². The number of hydrogen-bond donors (Lipinski definition) is 1. The number of thiazole rings is 1. The van der Waals surface area contributed by atoms with Crippen molar-refractivity contribution in [2.75, 3.05) is 11.9 Å². The molecule has 0 bridgehead atoms. The van der Waals surface area contributed by atoms with Crippen molar-refractivity contribution in [2.24, 2.45) is 0 Å². The molecule has 0 aromatic carbocycles. The summed E-state index contributed by atoms with van der Waals surface area (Å²) in [6, 6.07) is 0. The molecule has 0 aliphatic heterocycles. The van der Waals surface area contributed by atoms with Crippen molar-refractivity contribution in [3.05, 3.63) is 21.1 Å². The van der Waals surface area contributed by atoms with E-state index >= 15 is 0 Å². The van der Waals surface area contributed by atoms with Gasteiger partial charge in [0.2, 0.25) is 0 Å². The number of rotatable bonds is 3. The maximum atomic E-state index is 4.42. The SMILES string of the molecule is CCNc1nc(-c2csc(C)n2)ncc1Br. The van der Waals surface area contributed by atoms with Gasteiger partial charge in [0.1, 0.15) is 11.5 Å². The van der Waals surface area contributed by atoms with Crippen molar-refractivity contribution < 1.29 is 0 Å². The number of halogens is 1. The first-order valence-electron chi connectivity index (χ1n) is 4.89. The van der Waals surface area contributed by atoms with Gasteiger partial charge >= 0.3 is 0 Å². The minimum Gasteiger partial charge on any atom is -0.369 e. The zero-order chi connectivity index (χ0) is 11.5. The topological polar surface area (TPSA) is 50.7 Å². The third-order valence-corrected chi connectivity index (χ3v) is 3.29. The molecule has 4 nitrogen and oxygen atoms in total. The summed E-state index contributed by atoms with van der Waals surface area (Å²) in [5, 5.41) is 6.16. The van der Waals surface area contributed by atoms with Crippen LogP contribution in [0.15, 0.2) is 16.0 Å². The van der Waals surface area contributed by atoms with Gasteiger partial charge in [0, 0.05) is 18.1 Å². The van der Waals surface area contributed by atoms with Crippen LogP contribution in [0.5, 0.6) is 0 Å². The fraction of sp³-hybridized carbons (Fsp3) is 0.300. The molecule has 0 saturated carbocycles. The van der Waals surface area contributed by atoms with Crippen LogP contribution in [0.4, 0.5) is 5.82 Å². The van der Waals surface area contributed by atoms with Gasteiger partial charge in [-0.25, -0.2) is 15.0 Å². The van der Waals surface area contributed by atoms with Crippen LogP contribution in [0.25, 0.3) is 11.5 Å². The molecule has 2 heterocycles. The van der Waals surface area contributed by atoms with Gasteiger partial charge in [0.15, 0.2) is 5.82 Å². The van der Waals surface area contributed by atoms with Crippen molar-refractivity contribution in [3.8, 4) is 11.5 Å². The van der Waals surface area contributed by atoms with E-state index < -0.39 is 0 Å². The third-order valence-electron chi connectivity index (χ3n) is 1.94. The molecule has 0 aliphatic carbocycles. The third kappa shape index (κ3) is 2.38. The minimum absolute atomic E-state index is 0.656. The van der Waals surface area contributed by atoms with Gasteiger partial charge in [-0.3, -0.25) is 0 Å². The summed E-state index contributed by atoms with van der Waals surface area (Å²) < 4.78 is 0.866. The lowest BCUT2D eigenvalue weighted by molar-refractivity contribution is 1.09. The van der Waals surface area contributed by atoms with Crippen LogP contribution in [0.1, 0.15) is 11.9 Å². The molecular formula is C10H11BrN4S. The Morgan fingerprint density at radius 2 is 2.25 bits per heavy atom. The monoisotopic (exact) mass is 298 g/mol. The lowest BCUT2D eigenvalue weighted by atomic mass is 10.4. The maximum Gasteiger partial charge on any atom is 0.181 e. The second-order valence-electron chi connectivity index (χ2n) is 3.17. The Labute approximate surface area is 106 Å². The van der Waals surface area contributed by atoms with Crippen LogP contribution in [0.2, 0.25) is 0 Å². The van der Waals surface area contributed by atoms with E-state index in [9.17, 15) is 0 Å². The van der Waals surface area contributed by atoms with E-state index in [0.717, 1.165) is 27.5 Å². The van der Waals surface area contributed by atoms with Gasteiger partial charge < -0.3 is 5.32 Å². The highest BCUT2D eigenvalue weighted by molar-refractivity contribution is 9.10. The normalized spacial score (nSPS) is 10.4. The average Bonchev–Trinajstić information content (AvgIpc) is 2.69. The molecule has 0 amide bonds. The van der Waals surface area contributed by atoms with Crippen molar-refractivity contribution in [2.45, 2.75) is 13.8 Å². The minimum atomic E-state index is 0.656. The Balaban J connectivity index is 2.39. The average molecular weight is 299 g/mol. The molecule has 0 unspecified atom stereocenters. The van der Waals surface area contributed by atoms with E-state index in [4.69, 9.17) is 0 Å². The van der Waals surface area contributed by atoms with E-state index in [1.807, 2.05) is 19.2 Å². The van der Waals surface area contributed by atoms with Crippen LogP contribution in [0, 0.1) is 6.92 Å². The molecule has 1 N–H and O–H groups in total. The Hall–Kier alpha value is -1.01. The zero-order valence-electron chi connectivity index (χ0n) is 8.99. The molecule has 0 atom stereocenters. The molecule has 0 spiro atoms. The van der Waals surface area contributed by atoms with Crippen molar-refractivity contribution in [3.63, 3.8) is 0 Å². The van der Waals surface area contributed by atoms with Crippen LogP contribution < -0.4 is 5.32 Å². The summed E-state index contributed by atoms with van der Waals surface area (Å²) in [4.78, 5) is 13.0. The Bertz CT molecular complexity index is 497. The molecule has 0 fully saturated rings. The summed E-state index contributed by atoms with van der Waals surface area (Å²) >= 11 is 5.00. The van der Waals surface area contributed by atoms with E-state index in [0.29, 0.717) is 5.82 Å². The number of anilines is 1. The fourth-order valence-corrected chi connectivity index (χ4v) is 2.17. The zero-order valence-corrected chi connectivity index (χ0v) is 11.4. The van der Waals surface area contributed by atoms with Crippen LogP contribution in [-0.2, 0) is 0 Å². The van der Waals surface area contributed by atoms with Crippen LogP contribution >= 0.6 is 27.3 Å². The summed E-state index contributed by atoms with van der Waals surface area (Å²) in [5.41, 5.74) is 0.828. The molecular weight excluding hydrogens is 288 g/mol. The Morgan fingerprint density at radius 1 is 1.44 bits per heavy atom. The maximum absolute atomic E-state index is 4.42. The number of nitrogens with one attached hydrogen (secondary N) is 1. The number of hydrogen-bond acceptors (Lipinski definition) is 5. The van der Waals surface area contributed by atoms with Crippen LogP contribution in [-0.4, -0.2) is 21.5 Å². The Morgan fingerprint density at radius 3 is 2.88 bits per heavy atom. The largest absolute Gasteiger partial charge is 0.369 e. The second kappa shape index (κ2) is 4.88. The highest BCUT2D eigenvalue weighted by Crippen LogP contribution is 2.23. The molecule has 2 aromatic heterocycles. The van der Waals surface area contributed by atoms with Gasteiger partial charge in [-0.2, -0.15) is 0 Å². The van der Waals surface area contributed by atoms with E-state index in [1.165, 1.54) is 0 Å². The van der Waals surface area contributed by atoms with Crippen molar-refractivity contribution in [1.29, 1.82) is 0 Å². The number of aromatic nitrogens is 3. The summed E-state index contributed by atoms with van der Waals surface area (Å²) in [5.74, 6) is 1.46. The standard InChI is InChI=1S/C10H11BrN4S/c1-3-12-9-7(11)4-13-10(15-9)8-5-16-6(2)14-8/h4-5H,3H2,1-2H3,(H,12,13,15). The first-order valence-corrected chi connectivity index (χ1v) is 6.57. The number of aryl methyl sites for hydroxylation is 1. The van der Waals surface area contributed by atoms with E-state index in [1.54, 1.807) is 17.5 Å². The lowest BCUT2D eigenvalue weighted by Gasteiger charge is -2.05. The molecule has 0 aliphatic rings. The van der Waals surface area contributed by atoms with Gasteiger partial charge in [-0.1, -0.05) is 0 Å². The molecule has 2 rings (SSSR count). The molecule has 2 aromatic rings. The Kier molecular flexibility index (Phi) is 3.50. The first-order chi connectivity index (χ1) is 7.70. The van der Waals surface area contributed by atoms with Crippen molar-refractivity contribution >= 4 is 33.1 Å². The first kappa shape index (κ1) is 11.5. The number of nitrogens with zero attached hydrogens (tertiary/aromatic N) is 3. The highest BCUT2D eigenvalue weighted by Gasteiger charge is 2.08.